The molecule has 0 aromatic rings. The number of nitrogens with one attached hydrogen (secondary N) is 2. The number of halogens is 1. The number of hydrogen-bond acceptors (Lipinski definition) is 15. The molecule has 0 aromatic heterocycles. The van der Waals surface area contributed by atoms with Gasteiger partial charge >= 0.3 is 0 Å². The number of thioether (sulfide) groups is 2. The highest BCUT2D eigenvalue weighted by Gasteiger charge is 2.50. The number of alkyl halides is 1. The van der Waals surface area contributed by atoms with Crippen molar-refractivity contribution in [2.45, 2.75) is 162 Å². The van der Waals surface area contributed by atoms with E-state index in [1.54, 1.807) is 19.4 Å². The Morgan fingerprint density at radius 2 is 1.07 bits per heavy atom. The Kier molecular flexibility index (Phi) is 19.5. The zero-order valence-corrected chi connectivity index (χ0v) is 35.3. The molecule has 0 aliphatic carbocycles. The van der Waals surface area contributed by atoms with Crippen LogP contribution in [0.1, 0.15) is 66.2 Å². The highest BCUT2D eigenvalue weighted by Crippen LogP contribution is 2.33. The molecule has 2 unspecified atom stereocenters. The highest BCUT2D eigenvalue weighted by molar-refractivity contribution is 7.99. The largest absolute Gasteiger partial charge is 0.391 e. The third-order valence-corrected chi connectivity index (χ3v) is 13.3. The van der Waals surface area contributed by atoms with E-state index in [2.05, 4.69) is 24.5 Å². The van der Waals surface area contributed by atoms with Gasteiger partial charge in [-0.05, 0) is 78.0 Å². The molecule has 4 aliphatic heterocycles. The van der Waals surface area contributed by atoms with E-state index >= 15 is 0 Å². The number of likely N-dealkylation sites (N-methyl/N-ethyl adjacent to an activating group) is 2. The van der Waals surface area contributed by atoms with Gasteiger partial charge in [-0.1, -0.05) is 26.7 Å². The molecule has 9 N–H and O–H groups in total. The first-order chi connectivity index (χ1) is 25.4. The SMILES string of the molecule is CCC[C@@H]1C[C@@H](C(=O)NC(C(C)Cl)[C@H]2O[C@H](SC)[C@H](O)[C@@H](O)[C@H]2O)N(C)C1.CCC[C@@H]1C[C@@H](C(=O)N[C@@H]([C@H]2O[C@H](SC)[C@H](O)[C@@H](O)[C@H]2O)[C@@H](C)O)N(C)C1. The van der Waals surface area contributed by atoms with Gasteiger partial charge in [0.05, 0.1) is 35.6 Å². The van der Waals surface area contributed by atoms with E-state index in [0.29, 0.717) is 11.8 Å². The van der Waals surface area contributed by atoms with E-state index in [9.17, 15) is 45.3 Å². The predicted octanol–water partition coefficient (Wildman–Crippen LogP) is -0.467. The summed E-state index contributed by atoms with van der Waals surface area (Å²) in [7, 11) is 3.85. The van der Waals surface area contributed by atoms with Gasteiger partial charge in [0.15, 0.2) is 0 Å². The third-order valence-electron chi connectivity index (χ3n) is 11.3. The average Bonchev–Trinajstić information content (AvgIpc) is 3.69. The summed E-state index contributed by atoms with van der Waals surface area (Å²) in [6, 6.07) is -2.13. The second-order valence-electron chi connectivity index (χ2n) is 15.5. The number of likely N-dealkylation sites (tertiary alicyclic amines) is 2. The van der Waals surface area contributed by atoms with Gasteiger partial charge in [0.1, 0.15) is 59.7 Å². The minimum atomic E-state index is -1.42. The Bertz CT molecular complexity index is 1080. The number of rotatable bonds is 14. The molecule has 15 nitrogen and oxygen atoms in total. The lowest BCUT2D eigenvalue weighted by molar-refractivity contribution is -0.211. The predicted molar refractivity (Wildman–Crippen MR) is 210 cm³/mol. The number of ether oxygens (including phenoxy) is 2. The number of aliphatic hydroxyl groups is 7. The average molecular weight is 832 g/mol. The Hall–Kier alpha value is -0.510. The molecular weight excluding hydrogens is 764 g/mol. The van der Waals surface area contributed by atoms with E-state index in [-0.39, 0.29) is 23.9 Å². The maximum Gasteiger partial charge on any atom is 0.237 e. The van der Waals surface area contributed by atoms with E-state index < -0.39 is 83.3 Å². The monoisotopic (exact) mass is 830 g/mol. The topological polar surface area (TPSA) is 225 Å². The molecule has 0 aromatic carbocycles. The fourth-order valence-corrected chi connectivity index (χ4v) is 9.81. The fraction of sp³-hybridized carbons (Fsp3) is 0.944. The molecule has 0 saturated carbocycles. The number of carbonyl (C=O) groups is 2. The van der Waals surface area contributed by atoms with Gasteiger partial charge in [0.2, 0.25) is 11.8 Å². The molecular formula is C36H67ClN4O11S2. The lowest BCUT2D eigenvalue weighted by Crippen LogP contribution is -2.65. The quantitative estimate of drug-likeness (QED) is 0.101. The second kappa shape index (κ2) is 22.0. The minimum absolute atomic E-state index is 0.147. The van der Waals surface area contributed by atoms with Gasteiger partial charge in [-0.3, -0.25) is 19.4 Å². The van der Waals surface area contributed by atoms with Crippen LogP contribution >= 0.6 is 35.1 Å². The summed E-state index contributed by atoms with van der Waals surface area (Å²) in [5.41, 5.74) is -1.46. The summed E-state index contributed by atoms with van der Waals surface area (Å²) in [5, 5.41) is 76.6. The van der Waals surface area contributed by atoms with Crippen molar-refractivity contribution in [2.75, 3.05) is 39.7 Å². The standard InChI is InChI=1S/C18H33ClN2O5S.C18H34N2O6S/c1-5-6-10-7-11(21(3)8-10)17(25)20-12(9(2)19)16-14(23)13(22)15(24)18(26-16)27-4;1-5-6-10-7-11(20(3)8-10)17(25)19-12(9(2)21)16-14(23)13(22)15(24)18(26-16)27-4/h9-16,18,22-24H,5-8H2,1-4H3,(H,20,25);9-16,18,21-24H,5-8H2,1-4H3,(H,19,25)/t9?,10-,11+,12?,13+,14-,15-,16-,18-;9-,10-,11+,12-,13+,14-,15-,16-,18-/m11/s1. The molecule has 4 aliphatic rings. The van der Waals surface area contributed by atoms with E-state index in [1.165, 1.54) is 30.4 Å². The molecule has 18 heteroatoms. The number of nitrogens with zero attached hydrogens (tertiary/aromatic N) is 2. The van der Waals surface area contributed by atoms with Crippen LogP contribution in [0.25, 0.3) is 0 Å². The summed E-state index contributed by atoms with van der Waals surface area (Å²) in [4.78, 5) is 29.8. The summed E-state index contributed by atoms with van der Waals surface area (Å²) in [6.45, 7) is 9.22. The van der Waals surface area contributed by atoms with E-state index in [0.717, 1.165) is 51.6 Å². The summed E-state index contributed by atoms with van der Waals surface area (Å²) >= 11 is 8.75. The Labute approximate surface area is 334 Å². The molecule has 4 fully saturated rings. The van der Waals surface area contributed by atoms with Crippen molar-refractivity contribution in [3.05, 3.63) is 0 Å². The molecule has 18 atom stereocenters. The van der Waals surface area contributed by atoms with Crippen molar-refractivity contribution in [1.29, 1.82) is 0 Å². The van der Waals surface area contributed by atoms with Crippen LogP contribution < -0.4 is 10.6 Å². The van der Waals surface area contributed by atoms with Crippen LogP contribution in [-0.2, 0) is 19.1 Å². The van der Waals surface area contributed by atoms with Crippen LogP contribution in [0.3, 0.4) is 0 Å². The number of amides is 2. The molecule has 4 rings (SSSR count). The van der Waals surface area contributed by atoms with Crippen molar-refractivity contribution in [3.8, 4) is 0 Å². The highest BCUT2D eigenvalue weighted by atomic mass is 35.5. The first-order valence-electron chi connectivity index (χ1n) is 19.2. The number of carbonyl (C=O) groups excluding carboxylic acids is 2. The molecule has 0 radical (unpaired) electrons. The smallest absolute Gasteiger partial charge is 0.237 e. The van der Waals surface area contributed by atoms with E-state index in [1.807, 2.05) is 23.9 Å². The van der Waals surface area contributed by atoms with Crippen molar-refractivity contribution < 1.29 is 54.8 Å². The van der Waals surface area contributed by atoms with Gasteiger partial charge in [-0.15, -0.1) is 35.1 Å². The zero-order valence-electron chi connectivity index (χ0n) is 32.9. The van der Waals surface area contributed by atoms with Crippen LogP contribution in [0.15, 0.2) is 0 Å². The summed E-state index contributed by atoms with van der Waals surface area (Å²) in [6.07, 6.45) is -1.59. The third kappa shape index (κ3) is 11.8. The van der Waals surface area contributed by atoms with Crippen molar-refractivity contribution in [1.82, 2.24) is 20.4 Å². The first kappa shape index (κ1) is 47.9. The van der Waals surface area contributed by atoms with Crippen LogP contribution in [0.4, 0.5) is 0 Å². The first-order valence-corrected chi connectivity index (χ1v) is 22.2. The van der Waals surface area contributed by atoms with Crippen LogP contribution in [0.5, 0.6) is 0 Å². The molecule has 0 bridgehead atoms. The van der Waals surface area contributed by atoms with Crippen molar-refractivity contribution in [3.63, 3.8) is 0 Å². The lowest BCUT2D eigenvalue weighted by atomic mass is 9.92. The van der Waals surface area contributed by atoms with Gasteiger partial charge in [-0.2, -0.15) is 0 Å². The fourth-order valence-electron chi connectivity index (χ4n) is 8.25. The molecule has 54 heavy (non-hydrogen) atoms. The van der Waals surface area contributed by atoms with Crippen LogP contribution in [0.2, 0.25) is 0 Å². The van der Waals surface area contributed by atoms with Crippen LogP contribution in [0, 0.1) is 11.8 Å². The summed E-state index contributed by atoms with van der Waals surface area (Å²) in [5.74, 6) is 0.594. The number of aliphatic hydroxyl groups excluding tert-OH is 7. The normalized spacial score (nSPS) is 39.9. The summed E-state index contributed by atoms with van der Waals surface area (Å²) < 4.78 is 11.5. The molecule has 316 valence electrons. The van der Waals surface area contributed by atoms with Gasteiger partial charge in [0, 0.05) is 13.1 Å². The minimum Gasteiger partial charge on any atom is -0.391 e. The molecule has 4 saturated heterocycles. The van der Waals surface area contributed by atoms with Gasteiger partial charge in [-0.25, -0.2) is 0 Å². The molecule has 4 heterocycles. The maximum atomic E-state index is 12.9. The van der Waals surface area contributed by atoms with Gasteiger partial charge < -0.3 is 55.9 Å². The number of hydrogen-bond donors (Lipinski definition) is 9. The molecule has 2 amide bonds. The Morgan fingerprint density at radius 3 is 1.41 bits per heavy atom. The van der Waals surface area contributed by atoms with Crippen LogP contribution in [-0.4, -0.2) is 192 Å². The second-order valence-corrected chi connectivity index (χ2v) is 18.1. The van der Waals surface area contributed by atoms with Crippen molar-refractivity contribution in [2.24, 2.45) is 11.8 Å². The van der Waals surface area contributed by atoms with E-state index in [4.69, 9.17) is 21.1 Å². The molecule has 0 spiro atoms. The van der Waals surface area contributed by atoms with Crippen molar-refractivity contribution >= 4 is 46.9 Å². The Balaban J connectivity index is 0.000000290. The van der Waals surface area contributed by atoms with Gasteiger partial charge in [0.25, 0.3) is 0 Å². The zero-order chi connectivity index (χ0) is 40.6. The maximum absolute atomic E-state index is 12.9. The lowest BCUT2D eigenvalue weighted by Gasteiger charge is -2.44. The Morgan fingerprint density at radius 1 is 0.704 bits per heavy atom.